The SMILES string of the molecule is CCC(C)NC(=O)c1ccc(Cl)nc1Cl. The summed E-state index contributed by atoms with van der Waals surface area (Å²) >= 11 is 11.4. The molecule has 1 amide bonds. The van der Waals surface area contributed by atoms with Crippen molar-refractivity contribution in [2.75, 3.05) is 0 Å². The Morgan fingerprint density at radius 3 is 2.73 bits per heavy atom. The molecule has 0 saturated carbocycles. The summed E-state index contributed by atoms with van der Waals surface area (Å²) in [6.45, 7) is 3.92. The van der Waals surface area contributed by atoms with Gasteiger partial charge < -0.3 is 5.32 Å². The Hall–Kier alpha value is -0.800. The molecular weight excluding hydrogens is 235 g/mol. The number of carbonyl (C=O) groups is 1. The lowest BCUT2D eigenvalue weighted by molar-refractivity contribution is 0.0939. The lowest BCUT2D eigenvalue weighted by atomic mass is 10.2. The van der Waals surface area contributed by atoms with Crippen molar-refractivity contribution in [1.82, 2.24) is 10.3 Å². The van der Waals surface area contributed by atoms with E-state index in [1.807, 2.05) is 13.8 Å². The fraction of sp³-hybridized carbons (Fsp3) is 0.400. The average Bonchev–Trinajstić information content (AvgIpc) is 2.17. The van der Waals surface area contributed by atoms with E-state index < -0.39 is 0 Å². The molecule has 82 valence electrons. The highest BCUT2D eigenvalue weighted by Gasteiger charge is 2.13. The second kappa shape index (κ2) is 5.33. The number of pyridine rings is 1. The highest BCUT2D eigenvalue weighted by molar-refractivity contribution is 6.34. The molecule has 0 aromatic carbocycles. The van der Waals surface area contributed by atoms with Gasteiger partial charge in [0.2, 0.25) is 0 Å². The van der Waals surface area contributed by atoms with Crippen LogP contribution < -0.4 is 5.32 Å². The van der Waals surface area contributed by atoms with Gasteiger partial charge in [0.15, 0.2) is 0 Å². The number of aromatic nitrogens is 1. The molecule has 1 aromatic heterocycles. The maximum Gasteiger partial charge on any atom is 0.254 e. The lowest BCUT2D eigenvalue weighted by Crippen LogP contribution is -2.32. The van der Waals surface area contributed by atoms with Gasteiger partial charge in [-0.1, -0.05) is 30.1 Å². The smallest absolute Gasteiger partial charge is 0.254 e. The summed E-state index contributed by atoms with van der Waals surface area (Å²) in [7, 11) is 0. The third-order valence-electron chi connectivity index (χ3n) is 2.05. The van der Waals surface area contributed by atoms with Gasteiger partial charge in [-0.2, -0.15) is 0 Å². The number of rotatable bonds is 3. The fourth-order valence-corrected chi connectivity index (χ4v) is 1.42. The molecule has 1 heterocycles. The molecule has 0 fully saturated rings. The fourth-order valence-electron chi connectivity index (χ4n) is 0.985. The molecule has 1 rings (SSSR count). The molecule has 0 aliphatic heterocycles. The van der Waals surface area contributed by atoms with Gasteiger partial charge in [0.1, 0.15) is 10.3 Å². The highest BCUT2D eigenvalue weighted by atomic mass is 35.5. The predicted octanol–water partition coefficient (Wildman–Crippen LogP) is 2.92. The minimum Gasteiger partial charge on any atom is -0.350 e. The molecule has 0 aliphatic carbocycles. The van der Waals surface area contributed by atoms with Crippen molar-refractivity contribution in [3.8, 4) is 0 Å². The van der Waals surface area contributed by atoms with Crippen LogP contribution in [-0.2, 0) is 0 Å². The lowest BCUT2D eigenvalue weighted by Gasteiger charge is -2.11. The van der Waals surface area contributed by atoms with Crippen molar-refractivity contribution in [1.29, 1.82) is 0 Å². The molecule has 3 nitrogen and oxygen atoms in total. The standard InChI is InChI=1S/C10H12Cl2N2O/c1-3-6(2)13-10(15)7-4-5-8(11)14-9(7)12/h4-6H,3H2,1-2H3,(H,13,15). The normalized spacial score (nSPS) is 12.3. The summed E-state index contributed by atoms with van der Waals surface area (Å²) < 4.78 is 0. The van der Waals surface area contributed by atoms with Crippen molar-refractivity contribution in [2.45, 2.75) is 26.3 Å². The van der Waals surface area contributed by atoms with Gasteiger partial charge in [0, 0.05) is 6.04 Å². The predicted molar refractivity (Wildman–Crippen MR) is 61.5 cm³/mol. The molecule has 5 heteroatoms. The number of nitrogens with one attached hydrogen (secondary N) is 1. The van der Waals surface area contributed by atoms with E-state index in [1.165, 1.54) is 0 Å². The van der Waals surface area contributed by atoms with Gasteiger partial charge in [-0.15, -0.1) is 0 Å². The monoisotopic (exact) mass is 246 g/mol. The van der Waals surface area contributed by atoms with Crippen molar-refractivity contribution in [2.24, 2.45) is 0 Å². The van der Waals surface area contributed by atoms with Crippen molar-refractivity contribution < 1.29 is 4.79 Å². The highest BCUT2D eigenvalue weighted by Crippen LogP contribution is 2.16. The maximum atomic E-state index is 11.7. The Morgan fingerprint density at radius 2 is 2.20 bits per heavy atom. The van der Waals surface area contributed by atoms with Crippen LogP contribution in [0.3, 0.4) is 0 Å². The van der Waals surface area contributed by atoms with E-state index in [4.69, 9.17) is 23.2 Å². The number of carbonyl (C=O) groups excluding carboxylic acids is 1. The molecule has 0 spiro atoms. The van der Waals surface area contributed by atoms with Crippen LogP contribution in [0.15, 0.2) is 12.1 Å². The summed E-state index contributed by atoms with van der Waals surface area (Å²) in [6.07, 6.45) is 0.865. The first-order chi connectivity index (χ1) is 7.04. The second-order valence-electron chi connectivity index (χ2n) is 3.26. The summed E-state index contributed by atoms with van der Waals surface area (Å²) in [5, 5.41) is 3.21. The average molecular weight is 247 g/mol. The zero-order valence-corrected chi connectivity index (χ0v) is 10.1. The Balaban J connectivity index is 2.82. The minimum atomic E-state index is -0.224. The van der Waals surface area contributed by atoms with E-state index in [-0.39, 0.29) is 22.3 Å². The molecule has 1 aromatic rings. The van der Waals surface area contributed by atoms with E-state index in [9.17, 15) is 4.79 Å². The molecular formula is C10H12Cl2N2O. The van der Waals surface area contributed by atoms with Crippen LogP contribution in [0.25, 0.3) is 0 Å². The van der Waals surface area contributed by atoms with E-state index in [2.05, 4.69) is 10.3 Å². The second-order valence-corrected chi connectivity index (χ2v) is 4.00. The Morgan fingerprint density at radius 1 is 1.53 bits per heavy atom. The molecule has 1 N–H and O–H groups in total. The van der Waals surface area contributed by atoms with Crippen molar-refractivity contribution in [3.63, 3.8) is 0 Å². The van der Waals surface area contributed by atoms with Crippen molar-refractivity contribution >= 4 is 29.1 Å². The van der Waals surface area contributed by atoms with Gasteiger partial charge in [0.05, 0.1) is 5.56 Å². The maximum absolute atomic E-state index is 11.7. The molecule has 0 aliphatic rings. The van der Waals surface area contributed by atoms with Gasteiger partial charge >= 0.3 is 0 Å². The molecule has 1 unspecified atom stereocenters. The Kier molecular flexibility index (Phi) is 4.36. The molecule has 1 atom stereocenters. The first-order valence-corrected chi connectivity index (χ1v) is 5.43. The number of hydrogen-bond acceptors (Lipinski definition) is 2. The quantitative estimate of drug-likeness (QED) is 0.834. The van der Waals surface area contributed by atoms with Crippen LogP contribution >= 0.6 is 23.2 Å². The van der Waals surface area contributed by atoms with Crippen LogP contribution in [0, 0.1) is 0 Å². The van der Waals surface area contributed by atoms with Crippen LogP contribution in [0.5, 0.6) is 0 Å². The van der Waals surface area contributed by atoms with E-state index in [0.29, 0.717) is 5.56 Å². The molecule has 0 bridgehead atoms. The summed E-state index contributed by atoms with van der Waals surface area (Å²) in [6, 6.07) is 3.22. The van der Waals surface area contributed by atoms with Gasteiger partial charge in [-0.05, 0) is 25.5 Å². The Labute approximate surface area is 98.8 Å². The van der Waals surface area contributed by atoms with Crippen molar-refractivity contribution in [3.05, 3.63) is 28.0 Å². The topological polar surface area (TPSA) is 42.0 Å². The Bertz CT molecular complexity index is 368. The number of amides is 1. The van der Waals surface area contributed by atoms with Gasteiger partial charge in [-0.25, -0.2) is 4.98 Å². The van der Waals surface area contributed by atoms with Gasteiger partial charge in [-0.3, -0.25) is 4.79 Å². The molecule has 0 radical (unpaired) electrons. The summed E-state index contributed by atoms with van der Waals surface area (Å²) in [4.78, 5) is 15.5. The summed E-state index contributed by atoms with van der Waals surface area (Å²) in [5.74, 6) is -0.224. The number of nitrogens with zero attached hydrogens (tertiary/aromatic N) is 1. The molecule has 0 saturated heterocycles. The van der Waals surface area contributed by atoms with Crippen LogP contribution in [0.1, 0.15) is 30.6 Å². The third kappa shape index (κ3) is 3.36. The largest absolute Gasteiger partial charge is 0.350 e. The summed E-state index contributed by atoms with van der Waals surface area (Å²) in [5.41, 5.74) is 0.348. The van der Waals surface area contributed by atoms with E-state index in [1.54, 1.807) is 12.1 Å². The van der Waals surface area contributed by atoms with E-state index >= 15 is 0 Å². The van der Waals surface area contributed by atoms with Gasteiger partial charge in [0.25, 0.3) is 5.91 Å². The minimum absolute atomic E-state index is 0.115. The van der Waals surface area contributed by atoms with Crippen LogP contribution in [-0.4, -0.2) is 16.9 Å². The van der Waals surface area contributed by atoms with Crippen LogP contribution in [0.2, 0.25) is 10.3 Å². The number of halogens is 2. The van der Waals surface area contributed by atoms with E-state index in [0.717, 1.165) is 6.42 Å². The molecule has 15 heavy (non-hydrogen) atoms. The zero-order chi connectivity index (χ0) is 11.4. The van der Waals surface area contributed by atoms with Crippen LogP contribution in [0.4, 0.5) is 0 Å². The number of hydrogen-bond donors (Lipinski definition) is 1. The zero-order valence-electron chi connectivity index (χ0n) is 8.55. The third-order valence-corrected chi connectivity index (χ3v) is 2.55. The first-order valence-electron chi connectivity index (χ1n) is 4.67. The first kappa shape index (κ1) is 12.3.